The van der Waals surface area contributed by atoms with E-state index < -0.39 is 17.0 Å². The highest BCUT2D eigenvalue weighted by Gasteiger charge is 2.36. The van der Waals surface area contributed by atoms with Crippen molar-refractivity contribution in [1.82, 2.24) is 4.90 Å². The van der Waals surface area contributed by atoms with Crippen LogP contribution in [0.1, 0.15) is 11.1 Å². The highest BCUT2D eigenvalue weighted by molar-refractivity contribution is 8.18. The van der Waals surface area contributed by atoms with Gasteiger partial charge in [-0.25, -0.2) is 4.39 Å². The van der Waals surface area contributed by atoms with Crippen molar-refractivity contribution in [2.24, 2.45) is 0 Å². The van der Waals surface area contributed by atoms with E-state index in [0.717, 1.165) is 16.7 Å². The Balaban J connectivity index is 1.90. The number of hydrogen-bond acceptors (Lipinski definition) is 3. The van der Waals surface area contributed by atoms with Crippen molar-refractivity contribution in [2.75, 3.05) is 0 Å². The number of halogens is 4. The standard InChI is InChI=1S/C17H9Cl3FNO2S/c18-11-4-2-6-13(21)10(11)8-22-16(23)14(25-17(22)24)7-9-3-1-5-12(19)15(9)20/h1-7H,8H2. The topological polar surface area (TPSA) is 37.4 Å². The number of carbonyl (C=O) groups excluding carboxylic acids is 2. The van der Waals surface area contributed by atoms with Crippen LogP contribution in [-0.4, -0.2) is 16.0 Å². The Labute approximate surface area is 162 Å². The van der Waals surface area contributed by atoms with Crippen LogP contribution in [0, 0.1) is 5.82 Å². The van der Waals surface area contributed by atoms with Crippen LogP contribution in [0.5, 0.6) is 0 Å². The second-order valence-corrected chi connectivity index (χ2v) is 7.30. The lowest BCUT2D eigenvalue weighted by atomic mass is 10.2. The monoisotopic (exact) mass is 415 g/mol. The molecule has 3 rings (SSSR count). The minimum Gasteiger partial charge on any atom is -0.268 e. The Morgan fingerprint density at radius 3 is 2.44 bits per heavy atom. The first-order valence-corrected chi connectivity index (χ1v) is 8.96. The van der Waals surface area contributed by atoms with Gasteiger partial charge in [0.05, 0.1) is 21.5 Å². The molecule has 1 aliphatic rings. The van der Waals surface area contributed by atoms with Crippen molar-refractivity contribution in [1.29, 1.82) is 0 Å². The summed E-state index contributed by atoms with van der Waals surface area (Å²) in [4.78, 5) is 25.8. The fraction of sp³-hybridized carbons (Fsp3) is 0.0588. The van der Waals surface area contributed by atoms with E-state index in [1.165, 1.54) is 24.3 Å². The maximum absolute atomic E-state index is 13.9. The Morgan fingerprint density at radius 2 is 1.72 bits per heavy atom. The van der Waals surface area contributed by atoms with Gasteiger partial charge >= 0.3 is 0 Å². The molecule has 0 aliphatic carbocycles. The number of rotatable bonds is 3. The zero-order chi connectivity index (χ0) is 18.1. The molecule has 0 aromatic heterocycles. The first-order valence-electron chi connectivity index (χ1n) is 7.00. The van der Waals surface area contributed by atoms with Crippen molar-refractivity contribution >= 4 is 63.8 Å². The summed E-state index contributed by atoms with van der Waals surface area (Å²) in [6.45, 7) is -0.239. The molecule has 128 valence electrons. The lowest BCUT2D eigenvalue weighted by molar-refractivity contribution is -0.123. The first kappa shape index (κ1) is 18.3. The molecule has 0 spiro atoms. The van der Waals surface area contributed by atoms with Gasteiger partial charge in [-0.1, -0.05) is 53.0 Å². The minimum absolute atomic E-state index is 0.0912. The molecule has 0 radical (unpaired) electrons. The Bertz CT molecular complexity index is 897. The lowest BCUT2D eigenvalue weighted by Gasteiger charge is -2.14. The van der Waals surface area contributed by atoms with Crippen molar-refractivity contribution in [3.05, 3.63) is 73.3 Å². The third-order valence-corrected chi connectivity index (χ3v) is 5.61. The molecule has 8 heteroatoms. The van der Waals surface area contributed by atoms with Gasteiger partial charge in [-0.3, -0.25) is 14.5 Å². The molecule has 1 fully saturated rings. The van der Waals surface area contributed by atoms with E-state index in [1.807, 2.05) is 0 Å². The molecule has 0 saturated carbocycles. The lowest BCUT2D eigenvalue weighted by Crippen LogP contribution is -2.28. The fourth-order valence-corrected chi connectivity index (χ4v) is 3.67. The van der Waals surface area contributed by atoms with E-state index in [9.17, 15) is 14.0 Å². The molecule has 0 atom stereocenters. The van der Waals surface area contributed by atoms with E-state index >= 15 is 0 Å². The van der Waals surface area contributed by atoms with E-state index in [2.05, 4.69) is 0 Å². The Hall–Kier alpha value is -1.53. The molecule has 0 bridgehead atoms. The highest BCUT2D eigenvalue weighted by atomic mass is 35.5. The molecular formula is C17H9Cl3FNO2S. The van der Waals surface area contributed by atoms with Gasteiger partial charge in [0, 0.05) is 10.6 Å². The second kappa shape index (κ2) is 7.38. The smallest absolute Gasteiger partial charge is 0.268 e. The van der Waals surface area contributed by atoms with E-state index in [0.29, 0.717) is 10.6 Å². The fourth-order valence-electron chi connectivity index (χ4n) is 2.25. The van der Waals surface area contributed by atoms with Crippen LogP contribution in [0.3, 0.4) is 0 Å². The van der Waals surface area contributed by atoms with Crippen molar-refractivity contribution in [3.63, 3.8) is 0 Å². The molecule has 2 aromatic rings. The molecule has 1 aliphatic heterocycles. The zero-order valence-electron chi connectivity index (χ0n) is 12.4. The number of amides is 2. The van der Waals surface area contributed by atoms with E-state index in [1.54, 1.807) is 18.2 Å². The molecule has 1 heterocycles. The number of carbonyl (C=O) groups is 2. The number of nitrogens with zero attached hydrogens (tertiary/aromatic N) is 1. The number of benzene rings is 2. The normalized spacial score (nSPS) is 16.2. The molecular weight excluding hydrogens is 408 g/mol. The molecule has 0 unspecified atom stereocenters. The summed E-state index contributed by atoms with van der Waals surface area (Å²) in [7, 11) is 0. The molecule has 3 nitrogen and oxygen atoms in total. The van der Waals surface area contributed by atoms with Crippen LogP contribution >= 0.6 is 46.6 Å². The summed E-state index contributed by atoms with van der Waals surface area (Å²) in [5, 5.41) is 0.274. The van der Waals surface area contributed by atoms with Gasteiger partial charge in [0.25, 0.3) is 11.1 Å². The van der Waals surface area contributed by atoms with E-state index in [4.69, 9.17) is 34.8 Å². The quantitative estimate of drug-likeness (QED) is 0.574. The highest BCUT2D eigenvalue weighted by Crippen LogP contribution is 2.36. The Kier molecular flexibility index (Phi) is 5.39. The zero-order valence-corrected chi connectivity index (χ0v) is 15.5. The van der Waals surface area contributed by atoms with Gasteiger partial charge in [0.1, 0.15) is 5.82 Å². The largest absolute Gasteiger partial charge is 0.293 e. The average molecular weight is 417 g/mol. The third kappa shape index (κ3) is 3.70. The molecule has 0 N–H and O–H groups in total. The summed E-state index contributed by atoms with van der Waals surface area (Å²) in [5.74, 6) is -1.11. The molecule has 2 amide bonds. The predicted octanol–water partition coefficient (Wildman–Crippen LogP) is 6.02. The molecule has 1 saturated heterocycles. The van der Waals surface area contributed by atoms with Crippen molar-refractivity contribution in [2.45, 2.75) is 6.54 Å². The van der Waals surface area contributed by atoms with E-state index in [-0.39, 0.29) is 27.1 Å². The molecule has 2 aromatic carbocycles. The van der Waals surface area contributed by atoms with Gasteiger partial charge in [-0.05, 0) is 41.6 Å². The second-order valence-electron chi connectivity index (χ2n) is 5.11. The number of imide groups is 1. The van der Waals surface area contributed by atoms with Crippen LogP contribution in [0.25, 0.3) is 6.08 Å². The van der Waals surface area contributed by atoms with Crippen LogP contribution in [-0.2, 0) is 11.3 Å². The van der Waals surface area contributed by atoms with Gasteiger partial charge in [-0.2, -0.15) is 0 Å². The summed E-state index contributed by atoms with van der Waals surface area (Å²) >= 11 is 18.8. The van der Waals surface area contributed by atoms with Gasteiger partial charge in [0.2, 0.25) is 0 Å². The Morgan fingerprint density at radius 1 is 1.04 bits per heavy atom. The van der Waals surface area contributed by atoms with Crippen LogP contribution in [0.15, 0.2) is 41.3 Å². The van der Waals surface area contributed by atoms with Crippen LogP contribution < -0.4 is 0 Å². The van der Waals surface area contributed by atoms with Gasteiger partial charge in [0.15, 0.2) is 0 Å². The van der Waals surface area contributed by atoms with Crippen molar-refractivity contribution in [3.8, 4) is 0 Å². The first-order chi connectivity index (χ1) is 11.9. The number of thioether (sulfide) groups is 1. The SMILES string of the molecule is O=C1SC(=Cc2cccc(Cl)c2Cl)C(=O)N1Cc1c(F)cccc1Cl. The summed E-state index contributed by atoms with van der Waals surface area (Å²) < 4.78 is 13.9. The predicted molar refractivity (Wildman–Crippen MR) is 99.4 cm³/mol. The van der Waals surface area contributed by atoms with Crippen LogP contribution in [0.4, 0.5) is 9.18 Å². The van der Waals surface area contributed by atoms with Gasteiger partial charge < -0.3 is 0 Å². The molecule has 25 heavy (non-hydrogen) atoms. The average Bonchev–Trinajstić information content (AvgIpc) is 2.82. The summed E-state index contributed by atoms with van der Waals surface area (Å²) in [5.41, 5.74) is 0.608. The number of hydrogen-bond donors (Lipinski definition) is 0. The van der Waals surface area contributed by atoms with Crippen LogP contribution in [0.2, 0.25) is 15.1 Å². The third-order valence-electron chi connectivity index (χ3n) is 3.52. The van der Waals surface area contributed by atoms with Crippen molar-refractivity contribution < 1.29 is 14.0 Å². The summed E-state index contributed by atoms with van der Waals surface area (Å²) in [6.07, 6.45) is 1.49. The summed E-state index contributed by atoms with van der Waals surface area (Å²) in [6, 6.07) is 9.16. The minimum atomic E-state index is -0.576. The van der Waals surface area contributed by atoms with Gasteiger partial charge in [-0.15, -0.1) is 0 Å². The maximum atomic E-state index is 13.9. The maximum Gasteiger partial charge on any atom is 0.293 e.